The second-order valence-electron chi connectivity index (χ2n) is 5.53. The molecule has 1 rings (SSSR count). The van der Waals surface area contributed by atoms with E-state index in [0.717, 1.165) is 25.4 Å². The quantitative estimate of drug-likeness (QED) is 0.754. The van der Waals surface area contributed by atoms with Crippen molar-refractivity contribution in [3.8, 4) is 0 Å². The Labute approximate surface area is 101 Å². The summed E-state index contributed by atoms with van der Waals surface area (Å²) in [6, 6.07) is 1.45. The molecular formula is C14H29NO. The molecule has 1 aliphatic rings. The monoisotopic (exact) mass is 227 g/mol. The Morgan fingerprint density at radius 2 is 1.81 bits per heavy atom. The molecule has 1 N–H and O–H groups in total. The molecule has 1 heterocycles. The van der Waals surface area contributed by atoms with Crippen LogP contribution in [0.5, 0.6) is 0 Å². The smallest absolute Gasteiger partial charge is 0.0499 e. The van der Waals surface area contributed by atoms with Crippen LogP contribution in [-0.2, 0) is 0 Å². The van der Waals surface area contributed by atoms with E-state index in [1.807, 2.05) is 0 Å². The first-order valence-electron chi connectivity index (χ1n) is 6.99. The lowest BCUT2D eigenvalue weighted by atomic mass is 9.82. The molecule has 2 unspecified atom stereocenters. The van der Waals surface area contributed by atoms with Gasteiger partial charge in [0.15, 0.2) is 0 Å². The molecule has 0 aromatic rings. The van der Waals surface area contributed by atoms with Gasteiger partial charge in [-0.05, 0) is 39.0 Å². The largest absolute Gasteiger partial charge is 0.396 e. The molecule has 2 heteroatoms. The predicted octanol–water partition coefficient (Wildman–Crippen LogP) is 3.05. The molecule has 16 heavy (non-hydrogen) atoms. The topological polar surface area (TPSA) is 23.5 Å². The molecule has 2 nitrogen and oxygen atoms in total. The van der Waals surface area contributed by atoms with E-state index >= 15 is 0 Å². The van der Waals surface area contributed by atoms with E-state index in [1.54, 1.807) is 0 Å². The first-order chi connectivity index (χ1) is 7.62. The van der Waals surface area contributed by atoms with Gasteiger partial charge in [-0.15, -0.1) is 0 Å². The standard InChI is InChI=1S/C14H29NO/c1-5-13-9-8-12(4)15(13)10-14(6-2,7-3)11-16/h12-13,16H,5-11H2,1-4H3. The summed E-state index contributed by atoms with van der Waals surface area (Å²) in [5, 5.41) is 9.66. The lowest BCUT2D eigenvalue weighted by molar-refractivity contribution is 0.0460. The summed E-state index contributed by atoms with van der Waals surface area (Å²) < 4.78 is 0. The van der Waals surface area contributed by atoms with E-state index in [0.29, 0.717) is 12.6 Å². The van der Waals surface area contributed by atoms with Gasteiger partial charge in [-0.2, -0.15) is 0 Å². The van der Waals surface area contributed by atoms with Gasteiger partial charge >= 0.3 is 0 Å². The average Bonchev–Trinajstić information content (AvgIpc) is 2.67. The molecule has 0 aromatic carbocycles. The fourth-order valence-corrected chi connectivity index (χ4v) is 2.98. The molecule has 0 radical (unpaired) electrons. The molecule has 0 saturated carbocycles. The number of hydrogen-bond donors (Lipinski definition) is 1. The molecule has 96 valence electrons. The lowest BCUT2D eigenvalue weighted by Gasteiger charge is -2.38. The fourth-order valence-electron chi connectivity index (χ4n) is 2.98. The number of aliphatic hydroxyl groups is 1. The molecule has 0 aliphatic carbocycles. The van der Waals surface area contributed by atoms with E-state index in [4.69, 9.17) is 0 Å². The maximum absolute atomic E-state index is 9.66. The predicted molar refractivity (Wildman–Crippen MR) is 69.6 cm³/mol. The summed E-state index contributed by atoms with van der Waals surface area (Å²) in [5.74, 6) is 0. The van der Waals surface area contributed by atoms with Crippen LogP contribution in [-0.4, -0.2) is 35.2 Å². The Balaban J connectivity index is 2.69. The third-order valence-electron chi connectivity index (χ3n) is 4.78. The van der Waals surface area contributed by atoms with Crippen molar-refractivity contribution in [2.45, 2.75) is 71.9 Å². The van der Waals surface area contributed by atoms with Crippen molar-refractivity contribution in [1.29, 1.82) is 0 Å². The van der Waals surface area contributed by atoms with Gasteiger partial charge in [0.05, 0.1) is 0 Å². The highest BCUT2D eigenvalue weighted by Crippen LogP contribution is 2.33. The number of rotatable bonds is 6. The van der Waals surface area contributed by atoms with Crippen molar-refractivity contribution < 1.29 is 5.11 Å². The minimum Gasteiger partial charge on any atom is -0.396 e. The number of hydrogen-bond acceptors (Lipinski definition) is 2. The summed E-state index contributed by atoms with van der Waals surface area (Å²) in [6.45, 7) is 10.5. The summed E-state index contributed by atoms with van der Waals surface area (Å²) in [7, 11) is 0. The van der Waals surface area contributed by atoms with Gasteiger partial charge in [0.1, 0.15) is 0 Å². The van der Waals surface area contributed by atoms with Crippen LogP contribution < -0.4 is 0 Å². The van der Waals surface area contributed by atoms with Gasteiger partial charge in [0, 0.05) is 30.7 Å². The highest BCUT2D eigenvalue weighted by molar-refractivity contribution is 4.90. The first-order valence-corrected chi connectivity index (χ1v) is 6.99. The zero-order chi connectivity index (χ0) is 12.2. The van der Waals surface area contributed by atoms with E-state index < -0.39 is 0 Å². The molecule has 0 spiro atoms. The summed E-state index contributed by atoms with van der Waals surface area (Å²) in [5.41, 5.74) is 0.131. The molecule has 1 fully saturated rings. The summed E-state index contributed by atoms with van der Waals surface area (Å²) in [6.07, 6.45) is 6.08. The normalized spacial score (nSPS) is 27.6. The van der Waals surface area contributed by atoms with Crippen molar-refractivity contribution in [3.63, 3.8) is 0 Å². The van der Waals surface area contributed by atoms with Crippen LogP contribution in [0.15, 0.2) is 0 Å². The molecular weight excluding hydrogens is 198 g/mol. The van der Waals surface area contributed by atoms with Crippen LogP contribution >= 0.6 is 0 Å². The highest BCUT2D eigenvalue weighted by atomic mass is 16.3. The van der Waals surface area contributed by atoms with Crippen LogP contribution in [0.4, 0.5) is 0 Å². The Kier molecular flexibility index (Phi) is 5.26. The SMILES string of the molecule is CCC1CCC(C)N1CC(CC)(CC)CO. The molecule has 0 amide bonds. The third-order valence-corrected chi connectivity index (χ3v) is 4.78. The van der Waals surface area contributed by atoms with Gasteiger partial charge in [-0.25, -0.2) is 0 Å². The van der Waals surface area contributed by atoms with Crippen LogP contribution in [0.2, 0.25) is 0 Å². The highest BCUT2D eigenvalue weighted by Gasteiger charge is 2.36. The van der Waals surface area contributed by atoms with Gasteiger partial charge in [0.2, 0.25) is 0 Å². The van der Waals surface area contributed by atoms with Gasteiger partial charge in [0.25, 0.3) is 0 Å². The lowest BCUT2D eigenvalue weighted by Crippen LogP contribution is -2.44. The second kappa shape index (κ2) is 6.02. The van der Waals surface area contributed by atoms with E-state index in [2.05, 4.69) is 32.6 Å². The summed E-state index contributed by atoms with van der Waals surface area (Å²) >= 11 is 0. The molecule has 1 saturated heterocycles. The average molecular weight is 227 g/mol. The van der Waals surface area contributed by atoms with Crippen molar-refractivity contribution in [2.24, 2.45) is 5.41 Å². The Morgan fingerprint density at radius 3 is 2.25 bits per heavy atom. The van der Waals surface area contributed by atoms with Crippen LogP contribution in [0.3, 0.4) is 0 Å². The Hall–Kier alpha value is -0.0800. The molecule has 2 atom stereocenters. The molecule has 0 aromatic heterocycles. The zero-order valence-corrected chi connectivity index (χ0v) is 11.5. The minimum absolute atomic E-state index is 0.131. The summed E-state index contributed by atoms with van der Waals surface area (Å²) in [4.78, 5) is 2.64. The number of nitrogens with zero attached hydrogens (tertiary/aromatic N) is 1. The second-order valence-corrected chi connectivity index (χ2v) is 5.53. The Bertz CT molecular complexity index is 193. The molecule has 1 aliphatic heterocycles. The molecule has 0 bridgehead atoms. The van der Waals surface area contributed by atoms with Crippen LogP contribution in [0, 0.1) is 5.41 Å². The van der Waals surface area contributed by atoms with Gasteiger partial charge in [-0.1, -0.05) is 20.8 Å². The van der Waals surface area contributed by atoms with E-state index in [9.17, 15) is 5.11 Å². The van der Waals surface area contributed by atoms with Crippen molar-refractivity contribution in [2.75, 3.05) is 13.2 Å². The van der Waals surface area contributed by atoms with E-state index in [1.165, 1.54) is 19.3 Å². The number of aliphatic hydroxyl groups excluding tert-OH is 1. The third kappa shape index (κ3) is 2.78. The fraction of sp³-hybridized carbons (Fsp3) is 1.00. The minimum atomic E-state index is 0.131. The van der Waals surface area contributed by atoms with E-state index in [-0.39, 0.29) is 5.41 Å². The van der Waals surface area contributed by atoms with Crippen LogP contribution in [0.1, 0.15) is 59.8 Å². The maximum Gasteiger partial charge on any atom is 0.0499 e. The zero-order valence-electron chi connectivity index (χ0n) is 11.5. The maximum atomic E-state index is 9.66. The Morgan fingerprint density at radius 1 is 1.19 bits per heavy atom. The van der Waals surface area contributed by atoms with Crippen molar-refractivity contribution >= 4 is 0 Å². The number of likely N-dealkylation sites (tertiary alicyclic amines) is 1. The van der Waals surface area contributed by atoms with Gasteiger partial charge in [-0.3, -0.25) is 4.90 Å². The first kappa shape index (κ1) is 14.0. The van der Waals surface area contributed by atoms with Crippen molar-refractivity contribution in [1.82, 2.24) is 4.90 Å². The van der Waals surface area contributed by atoms with Crippen molar-refractivity contribution in [3.05, 3.63) is 0 Å². The van der Waals surface area contributed by atoms with Crippen LogP contribution in [0.25, 0.3) is 0 Å². The van der Waals surface area contributed by atoms with Gasteiger partial charge < -0.3 is 5.11 Å².